The summed E-state index contributed by atoms with van der Waals surface area (Å²) in [7, 11) is 0. The van der Waals surface area contributed by atoms with Crippen molar-refractivity contribution in [1.29, 1.82) is 0 Å². The Morgan fingerprint density at radius 1 is 1.07 bits per heavy atom. The van der Waals surface area contributed by atoms with E-state index in [0.717, 1.165) is 6.42 Å². The molecule has 0 aromatic rings. The largest absolute Gasteiger partial charge is 0.401 e. The lowest BCUT2D eigenvalue weighted by molar-refractivity contribution is -0.146. The number of rotatable bonds is 5. The highest BCUT2D eigenvalue weighted by molar-refractivity contribution is 4.69. The van der Waals surface area contributed by atoms with Gasteiger partial charge in [0.05, 0.1) is 6.54 Å². The maximum absolute atomic E-state index is 12.2. The summed E-state index contributed by atoms with van der Waals surface area (Å²) < 4.78 is 36.5. The highest BCUT2D eigenvalue weighted by atomic mass is 19.4. The fourth-order valence-electron chi connectivity index (χ4n) is 1.20. The van der Waals surface area contributed by atoms with E-state index < -0.39 is 12.7 Å². The Balaban J connectivity index is 4.05. The van der Waals surface area contributed by atoms with Crippen molar-refractivity contribution in [2.24, 2.45) is 11.1 Å². The molecule has 0 spiro atoms. The molecular weight excluding hydrogens is 205 g/mol. The normalized spacial score (nSPS) is 13.6. The summed E-state index contributed by atoms with van der Waals surface area (Å²) in [5.74, 6) is 0. The van der Waals surface area contributed by atoms with E-state index in [1.165, 1.54) is 4.90 Å². The molecule has 0 radical (unpaired) electrons. The lowest BCUT2D eigenvalue weighted by atomic mass is 9.92. The summed E-state index contributed by atoms with van der Waals surface area (Å²) in [4.78, 5) is 1.37. The molecule has 0 amide bonds. The molecule has 2 nitrogen and oxygen atoms in total. The molecule has 0 atom stereocenters. The molecule has 0 aliphatic carbocycles. The van der Waals surface area contributed by atoms with Gasteiger partial charge in [-0.1, -0.05) is 20.8 Å². The second-order valence-electron chi connectivity index (χ2n) is 4.99. The molecule has 0 saturated carbocycles. The Bertz CT molecular complexity index is 172. The molecule has 0 heterocycles. The quantitative estimate of drug-likeness (QED) is 0.779. The number of nitrogens with zero attached hydrogens (tertiary/aromatic N) is 1. The molecule has 2 N–H and O–H groups in total. The third kappa shape index (κ3) is 10.0. The van der Waals surface area contributed by atoms with Gasteiger partial charge in [0.1, 0.15) is 0 Å². The van der Waals surface area contributed by atoms with Crippen LogP contribution in [0.25, 0.3) is 0 Å². The van der Waals surface area contributed by atoms with Gasteiger partial charge in [-0.3, -0.25) is 4.90 Å². The zero-order valence-corrected chi connectivity index (χ0v) is 9.69. The van der Waals surface area contributed by atoms with Gasteiger partial charge in [0.2, 0.25) is 0 Å². The van der Waals surface area contributed by atoms with Gasteiger partial charge in [0, 0.05) is 13.1 Å². The SMILES string of the molecule is CC(C)(C)CCN(CCN)CC(F)(F)F. The van der Waals surface area contributed by atoms with Gasteiger partial charge in [-0.15, -0.1) is 0 Å². The van der Waals surface area contributed by atoms with Crippen LogP contribution in [0, 0.1) is 5.41 Å². The Kier molecular flexibility index (Phi) is 5.59. The first-order valence-corrected chi connectivity index (χ1v) is 5.13. The maximum Gasteiger partial charge on any atom is 0.401 e. The number of hydrogen-bond acceptors (Lipinski definition) is 2. The molecule has 0 rings (SSSR count). The van der Waals surface area contributed by atoms with Crippen molar-refractivity contribution in [2.45, 2.75) is 33.4 Å². The van der Waals surface area contributed by atoms with E-state index in [2.05, 4.69) is 0 Å². The Hall–Kier alpha value is -0.290. The van der Waals surface area contributed by atoms with Crippen LogP contribution in [0.15, 0.2) is 0 Å². The van der Waals surface area contributed by atoms with Gasteiger partial charge in [-0.25, -0.2) is 0 Å². The van der Waals surface area contributed by atoms with E-state index in [-0.39, 0.29) is 12.0 Å². The number of nitrogens with two attached hydrogens (primary N) is 1. The second kappa shape index (κ2) is 5.70. The summed E-state index contributed by atoms with van der Waals surface area (Å²) in [6.07, 6.45) is -3.39. The molecule has 0 aromatic heterocycles. The van der Waals surface area contributed by atoms with Crippen molar-refractivity contribution in [3.05, 3.63) is 0 Å². The van der Waals surface area contributed by atoms with Crippen LogP contribution in [0.1, 0.15) is 27.2 Å². The Morgan fingerprint density at radius 3 is 1.93 bits per heavy atom. The number of hydrogen-bond donors (Lipinski definition) is 1. The van der Waals surface area contributed by atoms with E-state index in [0.29, 0.717) is 13.1 Å². The Morgan fingerprint density at radius 2 is 1.60 bits per heavy atom. The molecular formula is C10H21F3N2. The van der Waals surface area contributed by atoms with Gasteiger partial charge in [-0.05, 0) is 18.4 Å². The summed E-state index contributed by atoms with van der Waals surface area (Å²) in [6, 6.07) is 0. The highest BCUT2D eigenvalue weighted by Gasteiger charge is 2.30. The van der Waals surface area contributed by atoms with Crippen LogP contribution in [-0.4, -0.2) is 37.3 Å². The average Bonchev–Trinajstić information content (AvgIpc) is 1.96. The van der Waals surface area contributed by atoms with Gasteiger partial charge in [-0.2, -0.15) is 13.2 Å². The highest BCUT2D eigenvalue weighted by Crippen LogP contribution is 2.21. The van der Waals surface area contributed by atoms with Crippen LogP contribution in [0.5, 0.6) is 0 Å². The monoisotopic (exact) mass is 226 g/mol. The minimum atomic E-state index is -4.13. The van der Waals surface area contributed by atoms with Crippen molar-refractivity contribution in [1.82, 2.24) is 4.90 Å². The molecule has 5 heteroatoms. The van der Waals surface area contributed by atoms with Gasteiger partial charge in [0.15, 0.2) is 0 Å². The lowest BCUT2D eigenvalue weighted by Gasteiger charge is -2.27. The smallest absolute Gasteiger partial charge is 0.329 e. The van der Waals surface area contributed by atoms with E-state index in [1.807, 2.05) is 20.8 Å². The Labute approximate surface area is 89.6 Å². The van der Waals surface area contributed by atoms with Crippen LogP contribution < -0.4 is 5.73 Å². The van der Waals surface area contributed by atoms with E-state index in [9.17, 15) is 13.2 Å². The molecule has 92 valence electrons. The standard InChI is InChI=1S/C10H21F3N2/c1-9(2,3)4-6-15(7-5-14)8-10(11,12)13/h4-8,14H2,1-3H3. The molecule has 0 aliphatic heterocycles. The minimum absolute atomic E-state index is 0.0540. The number of alkyl halides is 3. The molecule has 0 saturated heterocycles. The first-order chi connectivity index (χ1) is 6.64. The van der Waals surface area contributed by atoms with Gasteiger partial charge < -0.3 is 5.73 Å². The van der Waals surface area contributed by atoms with Crippen molar-refractivity contribution < 1.29 is 13.2 Å². The van der Waals surface area contributed by atoms with Crippen LogP contribution in [0.3, 0.4) is 0 Å². The van der Waals surface area contributed by atoms with Crippen LogP contribution in [0.4, 0.5) is 13.2 Å². The fraction of sp³-hybridized carbons (Fsp3) is 1.00. The summed E-state index contributed by atoms with van der Waals surface area (Å²) in [5.41, 5.74) is 5.33. The average molecular weight is 226 g/mol. The van der Waals surface area contributed by atoms with E-state index in [1.54, 1.807) is 0 Å². The first-order valence-electron chi connectivity index (χ1n) is 5.13. The zero-order valence-electron chi connectivity index (χ0n) is 9.69. The van der Waals surface area contributed by atoms with Crippen LogP contribution in [-0.2, 0) is 0 Å². The molecule has 0 fully saturated rings. The van der Waals surface area contributed by atoms with E-state index in [4.69, 9.17) is 5.73 Å². The topological polar surface area (TPSA) is 29.3 Å². The fourth-order valence-corrected chi connectivity index (χ4v) is 1.20. The third-order valence-electron chi connectivity index (χ3n) is 2.03. The predicted octanol–water partition coefficient (Wildman–Crippen LogP) is 2.25. The first kappa shape index (κ1) is 14.7. The molecule has 0 unspecified atom stereocenters. The van der Waals surface area contributed by atoms with Crippen molar-refractivity contribution in [3.8, 4) is 0 Å². The summed E-state index contributed by atoms with van der Waals surface area (Å²) in [5, 5.41) is 0. The van der Waals surface area contributed by atoms with Crippen molar-refractivity contribution in [2.75, 3.05) is 26.2 Å². The zero-order chi connectivity index (χ0) is 12.1. The third-order valence-corrected chi connectivity index (χ3v) is 2.03. The predicted molar refractivity (Wildman–Crippen MR) is 55.6 cm³/mol. The van der Waals surface area contributed by atoms with Crippen LogP contribution >= 0.6 is 0 Å². The van der Waals surface area contributed by atoms with Crippen molar-refractivity contribution in [3.63, 3.8) is 0 Å². The van der Waals surface area contributed by atoms with Crippen molar-refractivity contribution >= 4 is 0 Å². The van der Waals surface area contributed by atoms with Gasteiger partial charge >= 0.3 is 6.18 Å². The minimum Gasteiger partial charge on any atom is -0.329 e. The summed E-state index contributed by atoms with van der Waals surface area (Å²) >= 11 is 0. The second-order valence-corrected chi connectivity index (χ2v) is 4.99. The lowest BCUT2D eigenvalue weighted by Crippen LogP contribution is -2.39. The number of halogens is 3. The molecule has 15 heavy (non-hydrogen) atoms. The van der Waals surface area contributed by atoms with Crippen LogP contribution in [0.2, 0.25) is 0 Å². The van der Waals surface area contributed by atoms with E-state index >= 15 is 0 Å². The summed E-state index contributed by atoms with van der Waals surface area (Å²) in [6.45, 7) is 6.19. The maximum atomic E-state index is 12.2. The molecule has 0 bridgehead atoms. The van der Waals surface area contributed by atoms with Gasteiger partial charge in [0.25, 0.3) is 0 Å². The molecule has 0 aromatic carbocycles. The molecule has 0 aliphatic rings.